The maximum absolute atomic E-state index is 13.8. The van der Waals surface area contributed by atoms with Gasteiger partial charge in [0.2, 0.25) is 0 Å². The highest BCUT2D eigenvalue weighted by Gasteiger charge is 2.44. The molecule has 0 N–H and O–H groups in total. The zero-order valence-electron chi connectivity index (χ0n) is 23.3. The van der Waals surface area contributed by atoms with Crippen LogP contribution in [0, 0.1) is 11.3 Å². The molecule has 1 saturated carbocycles. The van der Waals surface area contributed by atoms with Crippen LogP contribution >= 0.6 is 0 Å². The maximum Gasteiger partial charge on any atom is 0.256 e. The molecule has 1 aliphatic carbocycles. The van der Waals surface area contributed by atoms with E-state index in [0.717, 1.165) is 79.4 Å². The fourth-order valence-electron chi connectivity index (χ4n) is 5.32. The number of carbonyl (C=O) groups is 3. The van der Waals surface area contributed by atoms with Gasteiger partial charge >= 0.3 is 0 Å². The molecule has 1 aromatic heterocycles. The molecule has 2 aromatic carbocycles. The van der Waals surface area contributed by atoms with E-state index in [-0.39, 0.29) is 11.3 Å². The lowest BCUT2D eigenvalue weighted by Gasteiger charge is -2.33. The lowest BCUT2D eigenvalue weighted by Crippen LogP contribution is -2.47. The molecule has 2 heterocycles. The molecule has 0 radical (unpaired) electrons. The van der Waals surface area contributed by atoms with E-state index in [0.29, 0.717) is 12.3 Å². The van der Waals surface area contributed by atoms with Crippen molar-refractivity contribution in [3.05, 3.63) is 59.8 Å². The summed E-state index contributed by atoms with van der Waals surface area (Å²) in [6.07, 6.45) is 5.87. The highest BCUT2D eigenvalue weighted by atomic mass is 16.2. The predicted molar refractivity (Wildman–Crippen MR) is 158 cm³/mol. The average Bonchev–Trinajstić information content (AvgIpc) is 3.80. The molecule has 7 nitrogen and oxygen atoms in total. The monoisotopic (exact) mass is 524 g/mol. The summed E-state index contributed by atoms with van der Waals surface area (Å²) in [5, 5.41) is 10.7. The second-order valence-electron chi connectivity index (χ2n) is 10.4. The summed E-state index contributed by atoms with van der Waals surface area (Å²) in [5.74, 6) is 0.0503. The quantitative estimate of drug-likeness (QED) is 0.449. The third-order valence-corrected chi connectivity index (χ3v) is 7.89. The first kappa shape index (κ1) is 29.7. The standard InChI is InChI=1S/C29H33BN4O.2CH2O/c1-4-13-30(2)23-9-10-26-24(18-23)27(21-5-7-22(8-6-21)29(20-31)11-12-29)25(19-32-26)28(35)34-16-14-33(3)15-17-34;2*1-2/h5-10,18-19H,4,11-17H2,1-3H3;2*1H2. The molecule has 1 saturated heterocycles. The first-order valence-electron chi connectivity index (χ1n) is 13.5. The summed E-state index contributed by atoms with van der Waals surface area (Å²) in [6, 6.07) is 17.3. The van der Waals surface area contributed by atoms with Crippen molar-refractivity contribution in [3.63, 3.8) is 0 Å². The number of hydrogen-bond donors (Lipinski definition) is 0. The van der Waals surface area contributed by atoms with Crippen LogP contribution in [0.5, 0.6) is 0 Å². The zero-order chi connectivity index (χ0) is 28.6. The molecule has 5 rings (SSSR count). The van der Waals surface area contributed by atoms with Crippen LogP contribution in [0.3, 0.4) is 0 Å². The molecule has 2 fully saturated rings. The van der Waals surface area contributed by atoms with Crippen molar-refractivity contribution < 1.29 is 14.4 Å². The van der Waals surface area contributed by atoms with Gasteiger partial charge in [-0.3, -0.25) is 9.78 Å². The predicted octanol–water partition coefficient (Wildman–Crippen LogP) is 4.22. The average molecular weight is 524 g/mol. The second-order valence-corrected chi connectivity index (χ2v) is 10.4. The fourth-order valence-corrected chi connectivity index (χ4v) is 5.32. The Balaban J connectivity index is 0.00000100. The van der Waals surface area contributed by atoms with E-state index < -0.39 is 0 Å². The molecule has 0 spiro atoms. The van der Waals surface area contributed by atoms with Crippen LogP contribution in [-0.4, -0.2) is 74.2 Å². The Hall–Kier alpha value is -3.83. The number of pyridine rings is 1. The minimum absolute atomic E-state index is 0.0503. The van der Waals surface area contributed by atoms with Gasteiger partial charge in [-0.25, -0.2) is 0 Å². The van der Waals surface area contributed by atoms with Crippen LogP contribution in [0.4, 0.5) is 0 Å². The van der Waals surface area contributed by atoms with Crippen LogP contribution in [0.1, 0.15) is 42.1 Å². The van der Waals surface area contributed by atoms with Crippen molar-refractivity contribution in [2.75, 3.05) is 33.2 Å². The molecule has 0 unspecified atom stereocenters. The normalized spacial score (nSPS) is 15.7. The smallest absolute Gasteiger partial charge is 0.256 e. The van der Waals surface area contributed by atoms with E-state index in [4.69, 9.17) is 14.6 Å². The summed E-state index contributed by atoms with van der Waals surface area (Å²) in [7, 11) is 2.10. The van der Waals surface area contributed by atoms with Crippen molar-refractivity contribution in [1.82, 2.24) is 14.8 Å². The Bertz CT molecular complexity index is 1320. The minimum atomic E-state index is -0.319. The highest BCUT2D eigenvalue weighted by molar-refractivity contribution is 6.72. The molecular formula is C31H37BN4O3. The van der Waals surface area contributed by atoms with Crippen LogP contribution < -0.4 is 5.46 Å². The maximum atomic E-state index is 13.8. The number of amides is 1. The van der Waals surface area contributed by atoms with E-state index in [9.17, 15) is 10.1 Å². The molecule has 8 heteroatoms. The molecule has 3 aromatic rings. The number of likely N-dealkylation sites (N-methyl/N-ethyl adjacent to an activating group) is 1. The molecule has 202 valence electrons. The number of piperazine rings is 1. The van der Waals surface area contributed by atoms with E-state index in [1.807, 2.05) is 18.5 Å². The Morgan fingerprint density at radius 1 is 1.05 bits per heavy atom. The van der Waals surface area contributed by atoms with Crippen LogP contribution in [0.15, 0.2) is 48.7 Å². The number of hydrogen-bond acceptors (Lipinski definition) is 6. The van der Waals surface area contributed by atoms with Crippen molar-refractivity contribution in [1.29, 1.82) is 5.26 Å². The molecule has 1 aliphatic heterocycles. The number of benzene rings is 2. The number of carbonyl (C=O) groups excluding carboxylic acids is 3. The fraction of sp³-hybridized carbons (Fsp3) is 0.387. The Morgan fingerprint density at radius 3 is 2.26 bits per heavy atom. The van der Waals surface area contributed by atoms with Gasteiger partial charge in [0, 0.05) is 43.3 Å². The second kappa shape index (κ2) is 13.3. The third-order valence-electron chi connectivity index (χ3n) is 7.89. The van der Waals surface area contributed by atoms with Crippen molar-refractivity contribution >= 4 is 42.6 Å². The SMILES string of the molecule is C=O.C=O.CCCB(C)c1ccc2ncc(C(=O)N3CCN(C)CC3)c(-c3ccc(C4(C#N)CC4)cc3)c2c1. The Morgan fingerprint density at radius 2 is 1.69 bits per heavy atom. The van der Waals surface area contributed by atoms with E-state index in [2.05, 4.69) is 74.2 Å². The molecule has 1 amide bonds. The largest absolute Gasteiger partial charge is 0.336 e. The molecule has 0 bridgehead atoms. The van der Waals surface area contributed by atoms with Crippen LogP contribution in [-0.2, 0) is 15.0 Å². The van der Waals surface area contributed by atoms with Gasteiger partial charge in [0.25, 0.3) is 5.91 Å². The van der Waals surface area contributed by atoms with Gasteiger partial charge in [-0.15, -0.1) is 0 Å². The molecular weight excluding hydrogens is 487 g/mol. The van der Waals surface area contributed by atoms with Gasteiger partial charge in [-0.2, -0.15) is 5.26 Å². The van der Waals surface area contributed by atoms with Crippen molar-refractivity contribution in [2.45, 2.75) is 44.7 Å². The van der Waals surface area contributed by atoms with Gasteiger partial charge in [-0.05, 0) is 37.1 Å². The topological polar surface area (TPSA) is 94.4 Å². The Labute approximate surface area is 231 Å². The number of nitriles is 1. The van der Waals surface area contributed by atoms with Crippen molar-refractivity contribution in [2.24, 2.45) is 0 Å². The van der Waals surface area contributed by atoms with Crippen LogP contribution in [0.25, 0.3) is 22.0 Å². The van der Waals surface area contributed by atoms with Crippen LogP contribution in [0.2, 0.25) is 13.1 Å². The summed E-state index contributed by atoms with van der Waals surface area (Å²) in [6.45, 7) is 12.1. The van der Waals surface area contributed by atoms with Gasteiger partial charge in [0.15, 0.2) is 6.71 Å². The third kappa shape index (κ3) is 6.26. The first-order chi connectivity index (χ1) is 19.0. The zero-order valence-corrected chi connectivity index (χ0v) is 23.3. The number of nitrogens with zero attached hydrogens (tertiary/aromatic N) is 4. The Kier molecular flexibility index (Phi) is 10.1. The van der Waals surface area contributed by atoms with Gasteiger partial charge in [0.1, 0.15) is 13.6 Å². The van der Waals surface area contributed by atoms with Gasteiger partial charge in [0.05, 0.1) is 22.6 Å². The highest BCUT2D eigenvalue weighted by Crippen LogP contribution is 2.48. The molecule has 39 heavy (non-hydrogen) atoms. The minimum Gasteiger partial charge on any atom is -0.336 e. The number of aromatic nitrogens is 1. The molecule has 2 aliphatic rings. The number of rotatable bonds is 6. The number of fused-ring (bicyclic) bond motifs is 1. The summed E-state index contributed by atoms with van der Waals surface area (Å²) < 4.78 is 0. The van der Waals surface area contributed by atoms with E-state index in [1.54, 1.807) is 6.20 Å². The molecule has 0 atom stereocenters. The summed E-state index contributed by atoms with van der Waals surface area (Å²) in [5.41, 5.74) is 5.57. The lowest BCUT2D eigenvalue weighted by molar-refractivity contribution is -0.0987. The summed E-state index contributed by atoms with van der Waals surface area (Å²) >= 11 is 0. The van der Waals surface area contributed by atoms with Gasteiger partial charge in [-0.1, -0.05) is 68.3 Å². The van der Waals surface area contributed by atoms with E-state index >= 15 is 0 Å². The van der Waals surface area contributed by atoms with Gasteiger partial charge < -0.3 is 19.4 Å². The van der Waals surface area contributed by atoms with Crippen molar-refractivity contribution in [3.8, 4) is 17.2 Å². The first-order valence-corrected chi connectivity index (χ1v) is 13.5. The summed E-state index contributed by atoms with van der Waals surface area (Å²) in [4.78, 5) is 38.7. The van der Waals surface area contributed by atoms with E-state index in [1.165, 1.54) is 5.46 Å². The lowest BCUT2D eigenvalue weighted by atomic mass is 9.44.